The quantitative estimate of drug-likeness (QED) is 0.0223. The lowest BCUT2D eigenvalue weighted by Gasteiger charge is -2.28. The van der Waals surface area contributed by atoms with Crippen LogP contribution < -0.4 is 26.7 Å². The Kier molecular flexibility index (Phi) is 13.1. The number of benzene rings is 3. The number of hydrogen-bond donors (Lipinski definition) is 5. The average molecular weight is 773 g/mol. The van der Waals surface area contributed by atoms with Gasteiger partial charge in [-0.1, -0.05) is 13.3 Å². The highest BCUT2D eigenvalue weighted by Gasteiger charge is 2.30. The summed E-state index contributed by atoms with van der Waals surface area (Å²) in [7, 11) is 1.30. The minimum absolute atomic E-state index is 0.00644. The molecule has 1 aliphatic heterocycles. The van der Waals surface area contributed by atoms with Crippen molar-refractivity contribution in [1.29, 1.82) is 0 Å². The molecular weight excluding hydrogens is 733 g/mol. The second-order valence-electron chi connectivity index (χ2n) is 12.9. The van der Waals surface area contributed by atoms with Gasteiger partial charge in [0, 0.05) is 72.4 Å². The molecule has 0 saturated carbocycles. The van der Waals surface area contributed by atoms with Gasteiger partial charge in [0.25, 0.3) is 11.4 Å². The van der Waals surface area contributed by atoms with Crippen molar-refractivity contribution in [3.05, 3.63) is 108 Å². The number of fused-ring (bicyclic) bond motifs is 2. The number of esters is 1. The van der Waals surface area contributed by atoms with Crippen LogP contribution in [-0.4, -0.2) is 58.7 Å². The molecule has 0 spiro atoms. The van der Waals surface area contributed by atoms with Crippen LogP contribution in [0.3, 0.4) is 0 Å². The number of unbranched alkanes of at least 4 members (excludes halogenated alkanes) is 2. The van der Waals surface area contributed by atoms with E-state index >= 15 is 0 Å². The summed E-state index contributed by atoms with van der Waals surface area (Å²) < 4.78 is 11.2. The zero-order valence-corrected chi connectivity index (χ0v) is 31.0. The molecule has 17 heteroatoms. The van der Waals surface area contributed by atoms with E-state index in [1.807, 2.05) is 6.92 Å². The van der Waals surface area contributed by atoms with Gasteiger partial charge in [-0.3, -0.25) is 29.8 Å². The highest BCUT2D eigenvalue weighted by Crippen LogP contribution is 2.44. The average Bonchev–Trinajstić information content (AvgIpc) is 3.15. The molecule has 1 unspecified atom stereocenters. The van der Waals surface area contributed by atoms with Crippen LogP contribution in [0.4, 0.5) is 17.1 Å². The van der Waals surface area contributed by atoms with Gasteiger partial charge in [-0.05, 0) is 79.9 Å². The molecule has 3 aliphatic rings. The summed E-state index contributed by atoms with van der Waals surface area (Å²) in [5, 5.41) is 45.5. The summed E-state index contributed by atoms with van der Waals surface area (Å²) >= 11 is 5.54. The summed E-state index contributed by atoms with van der Waals surface area (Å²) in [6.45, 7) is 3.30. The summed E-state index contributed by atoms with van der Waals surface area (Å²) in [6, 6.07) is 12.6. The molecule has 5 rings (SSSR count). The summed E-state index contributed by atoms with van der Waals surface area (Å²) in [6.07, 6.45) is 5.02. The predicted octanol–water partition coefficient (Wildman–Crippen LogP) is 5.91. The van der Waals surface area contributed by atoms with Gasteiger partial charge in [-0.2, -0.15) is 0 Å². The smallest absolute Gasteiger partial charge is 0.338 e. The number of amides is 1. The maximum atomic E-state index is 13.2. The van der Waals surface area contributed by atoms with E-state index in [1.54, 1.807) is 18.2 Å². The second kappa shape index (κ2) is 18.1. The van der Waals surface area contributed by atoms with E-state index < -0.39 is 15.8 Å². The fraction of sp³-hybridized carbons (Fsp3) is 0.316. The van der Waals surface area contributed by atoms with Crippen LogP contribution in [0.1, 0.15) is 51.0 Å². The highest BCUT2D eigenvalue weighted by atomic mass is 32.1. The predicted molar refractivity (Wildman–Crippen MR) is 210 cm³/mol. The Morgan fingerprint density at radius 3 is 2.49 bits per heavy atom. The number of carbonyl (C=O) groups excluding carboxylic acids is 2. The molecule has 288 valence electrons. The number of phenolic OH excluding ortho intramolecular Hbond substituents is 1. The number of methoxy groups -OCH3 is 1. The van der Waals surface area contributed by atoms with E-state index in [2.05, 4.69) is 21.3 Å². The molecule has 0 aromatic heterocycles. The molecule has 0 saturated heterocycles. The van der Waals surface area contributed by atoms with Crippen molar-refractivity contribution in [3.8, 4) is 17.1 Å². The fourth-order valence-electron chi connectivity index (χ4n) is 6.31. The first-order valence-corrected chi connectivity index (χ1v) is 18.0. The van der Waals surface area contributed by atoms with Gasteiger partial charge in [0.1, 0.15) is 22.8 Å². The third-order valence-corrected chi connectivity index (χ3v) is 9.30. The number of nitrogens with zero attached hydrogens (tertiary/aromatic N) is 2. The van der Waals surface area contributed by atoms with Crippen LogP contribution in [0, 0.1) is 26.1 Å². The van der Waals surface area contributed by atoms with Gasteiger partial charge in [0.2, 0.25) is 5.91 Å². The molecule has 0 bridgehead atoms. The summed E-state index contributed by atoms with van der Waals surface area (Å²) in [4.78, 5) is 58.6. The van der Waals surface area contributed by atoms with Crippen LogP contribution in [-0.2, 0) is 14.3 Å². The fourth-order valence-corrected chi connectivity index (χ4v) is 6.53. The Bertz CT molecular complexity index is 2230. The van der Waals surface area contributed by atoms with Crippen molar-refractivity contribution in [3.63, 3.8) is 0 Å². The Hall–Kier alpha value is -6.36. The van der Waals surface area contributed by atoms with Gasteiger partial charge in [-0.15, -0.1) is 0 Å². The standard InChI is InChI=1S/C38H40N6O10S/c1-22-17-28(36-26-11-9-24(45)19-33(26)54-34-20-25(46)10-12-27(34)36)29(37(48)53-2)21-31(22)42-38(55)41-16-6-15-40-35(47)7-4-3-5-14-39-30-13-8-23(43(49)50)18-32(30)44(51)52/h8-13,18-22,39,45H,3-7,14-17H2,1-2H3,(H,40,47)(H2,41,42,55). The molecular formula is C38H40N6O10S. The van der Waals surface area contributed by atoms with E-state index in [9.17, 15) is 39.7 Å². The number of rotatable bonds is 16. The number of non-ortho nitro benzene ring substituents is 1. The molecule has 0 radical (unpaired) electrons. The first-order chi connectivity index (χ1) is 26.4. The number of hydrogen-bond acceptors (Lipinski definition) is 12. The normalized spacial score (nSPS) is 13.9. The Balaban J connectivity index is 1.10. The van der Waals surface area contributed by atoms with Gasteiger partial charge < -0.3 is 35.5 Å². The number of allylic oxidation sites excluding steroid dienone is 2. The van der Waals surface area contributed by atoms with Crippen LogP contribution in [0.15, 0.2) is 81.2 Å². The third-order valence-electron chi connectivity index (χ3n) is 9.05. The van der Waals surface area contributed by atoms with Crippen molar-refractivity contribution < 1.29 is 33.7 Å². The van der Waals surface area contributed by atoms with Crippen molar-refractivity contribution >= 4 is 62.8 Å². The van der Waals surface area contributed by atoms with Crippen LogP contribution in [0.25, 0.3) is 27.9 Å². The maximum absolute atomic E-state index is 13.2. The number of ether oxygens (including phenoxy) is 1. The summed E-state index contributed by atoms with van der Waals surface area (Å²) in [5.41, 5.74) is 2.63. The van der Waals surface area contributed by atoms with Crippen molar-refractivity contribution in [2.24, 2.45) is 5.92 Å². The Morgan fingerprint density at radius 2 is 1.75 bits per heavy atom. The van der Waals surface area contributed by atoms with Gasteiger partial charge in [0.15, 0.2) is 10.5 Å². The largest absolute Gasteiger partial charge is 0.508 e. The molecule has 1 amide bonds. The minimum atomic E-state index is -0.686. The van der Waals surface area contributed by atoms with E-state index in [0.29, 0.717) is 108 Å². The SMILES string of the molecule is COC(=O)C1=C(c2c3ccc(=O)cc-3oc3cc(O)ccc23)CC(C)C(NC(=S)NCCCNC(=O)CCCCCNc2ccc([N+](=O)[O-])cc2[N+](=O)[O-])=C1. The number of anilines is 1. The lowest BCUT2D eigenvalue weighted by atomic mass is 9.81. The minimum Gasteiger partial charge on any atom is -0.508 e. The molecule has 2 aliphatic carbocycles. The van der Waals surface area contributed by atoms with Crippen molar-refractivity contribution in [2.45, 2.75) is 45.4 Å². The lowest BCUT2D eigenvalue weighted by Crippen LogP contribution is -2.38. The molecule has 0 fully saturated rings. The second-order valence-corrected chi connectivity index (χ2v) is 13.3. The molecule has 5 N–H and O–H groups in total. The van der Waals surface area contributed by atoms with Crippen LogP contribution >= 0.6 is 12.2 Å². The van der Waals surface area contributed by atoms with Crippen LogP contribution in [0.2, 0.25) is 0 Å². The number of phenols is 1. The number of nitro groups is 2. The van der Waals surface area contributed by atoms with E-state index in [-0.39, 0.29) is 40.1 Å². The number of thiocarbonyl (C=S) groups is 1. The van der Waals surface area contributed by atoms with Gasteiger partial charge in [0.05, 0.1) is 28.6 Å². The molecule has 2 aromatic carbocycles. The zero-order valence-electron chi connectivity index (χ0n) is 30.1. The molecule has 2 aromatic rings. The summed E-state index contributed by atoms with van der Waals surface area (Å²) in [5.74, 6) is -0.452. The molecule has 1 atom stereocenters. The topological polar surface area (TPSA) is 228 Å². The number of nitrogens with one attached hydrogen (secondary N) is 4. The molecule has 16 nitrogen and oxygen atoms in total. The first-order valence-electron chi connectivity index (χ1n) is 17.6. The third kappa shape index (κ3) is 10.00. The molecule has 55 heavy (non-hydrogen) atoms. The van der Waals surface area contributed by atoms with E-state index in [1.165, 1.54) is 43.5 Å². The molecule has 1 heterocycles. The van der Waals surface area contributed by atoms with E-state index in [0.717, 1.165) is 6.07 Å². The highest BCUT2D eigenvalue weighted by molar-refractivity contribution is 7.80. The van der Waals surface area contributed by atoms with Crippen LogP contribution in [0.5, 0.6) is 5.75 Å². The van der Waals surface area contributed by atoms with Gasteiger partial charge in [-0.25, -0.2) is 4.79 Å². The number of carbonyl (C=O) groups is 2. The Labute approximate surface area is 320 Å². The number of nitro benzene ring substituents is 2. The number of aromatic hydroxyl groups is 1. The van der Waals surface area contributed by atoms with Crippen molar-refractivity contribution in [1.82, 2.24) is 16.0 Å². The zero-order chi connectivity index (χ0) is 39.6. The lowest BCUT2D eigenvalue weighted by molar-refractivity contribution is -0.393. The maximum Gasteiger partial charge on any atom is 0.338 e. The monoisotopic (exact) mass is 772 g/mol. The van der Waals surface area contributed by atoms with Gasteiger partial charge >= 0.3 is 5.97 Å². The first kappa shape index (κ1) is 39.8. The van der Waals surface area contributed by atoms with Crippen molar-refractivity contribution in [2.75, 3.05) is 32.1 Å². The Morgan fingerprint density at radius 1 is 0.964 bits per heavy atom. The van der Waals surface area contributed by atoms with E-state index in [4.69, 9.17) is 21.4 Å².